The van der Waals surface area contributed by atoms with Crippen molar-refractivity contribution in [1.82, 2.24) is 0 Å². The molecule has 0 aromatic heterocycles. The number of ether oxygens (including phenoxy) is 1. The second kappa shape index (κ2) is 7.27. The number of carbonyl (C=O) groups excluding carboxylic acids is 1. The number of benzene rings is 2. The highest BCUT2D eigenvalue weighted by atomic mass is 79.9. The number of para-hydroxylation sites is 1. The Balaban J connectivity index is 2.06. The van der Waals surface area contributed by atoms with Gasteiger partial charge in [-0.1, -0.05) is 31.2 Å². The average Bonchev–Trinajstić information content (AvgIpc) is 2.48. The smallest absolute Gasteiger partial charge is 0.265 e. The predicted octanol–water partition coefficient (Wildman–Crippen LogP) is 4.55. The number of amides is 1. The van der Waals surface area contributed by atoms with E-state index in [0.29, 0.717) is 12.2 Å². The van der Waals surface area contributed by atoms with E-state index in [1.54, 1.807) is 0 Å². The average molecular weight is 348 g/mol. The van der Waals surface area contributed by atoms with Crippen molar-refractivity contribution in [2.45, 2.75) is 26.4 Å². The zero-order chi connectivity index (χ0) is 15.2. The molecule has 0 aliphatic heterocycles. The molecule has 2 rings (SSSR count). The molecule has 110 valence electrons. The number of hydrogen-bond acceptors (Lipinski definition) is 2. The molecular formula is C17H18BrNO2. The maximum absolute atomic E-state index is 12.3. The van der Waals surface area contributed by atoms with Crippen molar-refractivity contribution in [2.24, 2.45) is 0 Å². The monoisotopic (exact) mass is 347 g/mol. The Morgan fingerprint density at radius 1 is 1.24 bits per heavy atom. The molecule has 4 heteroatoms. The molecule has 0 unspecified atom stereocenters. The van der Waals surface area contributed by atoms with Gasteiger partial charge in [-0.25, -0.2) is 0 Å². The lowest BCUT2D eigenvalue weighted by Gasteiger charge is -2.18. The number of nitrogens with one attached hydrogen (secondary N) is 1. The summed E-state index contributed by atoms with van der Waals surface area (Å²) in [5.74, 6) is 0.549. The molecule has 0 radical (unpaired) electrons. The number of hydrogen-bond donors (Lipinski definition) is 1. The summed E-state index contributed by atoms with van der Waals surface area (Å²) in [4.78, 5) is 12.3. The van der Waals surface area contributed by atoms with Crippen LogP contribution in [0.5, 0.6) is 5.75 Å². The highest BCUT2D eigenvalue weighted by Crippen LogP contribution is 2.24. The van der Waals surface area contributed by atoms with Crippen molar-refractivity contribution in [3.05, 3.63) is 58.6 Å². The molecule has 1 amide bonds. The van der Waals surface area contributed by atoms with Crippen LogP contribution in [-0.2, 0) is 4.79 Å². The first kappa shape index (κ1) is 15.6. The van der Waals surface area contributed by atoms with Crippen LogP contribution in [0.3, 0.4) is 0 Å². The third-order valence-electron chi connectivity index (χ3n) is 3.07. The zero-order valence-electron chi connectivity index (χ0n) is 12.1. The molecule has 0 aliphatic rings. The first-order valence-electron chi connectivity index (χ1n) is 6.89. The van der Waals surface area contributed by atoms with Gasteiger partial charge >= 0.3 is 0 Å². The van der Waals surface area contributed by atoms with Gasteiger partial charge in [-0.05, 0) is 59.1 Å². The molecular weight excluding hydrogens is 330 g/mol. The lowest BCUT2D eigenvalue weighted by molar-refractivity contribution is -0.122. The molecule has 1 atom stereocenters. The van der Waals surface area contributed by atoms with E-state index in [1.165, 1.54) is 0 Å². The minimum atomic E-state index is -0.513. The molecule has 0 fully saturated rings. The van der Waals surface area contributed by atoms with E-state index in [2.05, 4.69) is 21.2 Å². The maximum atomic E-state index is 12.3. The Morgan fingerprint density at radius 2 is 1.95 bits per heavy atom. The molecule has 2 aromatic carbocycles. The van der Waals surface area contributed by atoms with Crippen molar-refractivity contribution in [3.63, 3.8) is 0 Å². The highest BCUT2D eigenvalue weighted by molar-refractivity contribution is 9.10. The zero-order valence-corrected chi connectivity index (χ0v) is 13.7. The van der Waals surface area contributed by atoms with Crippen molar-refractivity contribution in [1.29, 1.82) is 0 Å². The first-order chi connectivity index (χ1) is 10.1. The number of rotatable bonds is 5. The van der Waals surface area contributed by atoms with Crippen molar-refractivity contribution in [2.75, 3.05) is 5.32 Å². The summed E-state index contributed by atoms with van der Waals surface area (Å²) >= 11 is 3.46. The first-order valence-corrected chi connectivity index (χ1v) is 7.68. The molecule has 3 nitrogen and oxygen atoms in total. The Kier molecular flexibility index (Phi) is 5.39. The molecule has 0 saturated heterocycles. The summed E-state index contributed by atoms with van der Waals surface area (Å²) in [7, 11) is 0. The third-order valence-corrected chi connectivity index (χ3v) is 3.72. The van der Waals surface area contributed by atoms with Gasteiger partial charge in [0.2, 0.25) is 0 Å². The van der Waals surface area contributed by atoms with E-state index >= 15 is 0 Å². The van der Waals surface area contributed by atoms with Gasteiger partial charge in [-0.3, -0.25) is 4.79 Å². The normalized spacial score (nSPS) is 11.8. The fourth-order valence-electron chi connectivity index (χ4n) is 1.92. The highest BCUT2D eigenvalue weighted by Gasteiger charge is 2.19. The Labute approximate surface area is 133 Å². The van der Waals surface area contributed by atoms with Gasteiger partial charge in [-0.2, -0.15) is 0 Å². The molecule has 0 saturated carbocycles. The fraction of sp³-hybridized carbons (Fsp3) is 0.235. The third kappa shape index (κ3) is 4.33. The number of aryl methyl sites for hydroxylation is 1. The molecule has 0 heterocycles. The predicted molar refractivity (Wildman–Crippen MR) is 88.7 cm³/mol. The van der Waals surface area contributed by atoms with E-state index < -0.39 is 6.10 Å². The van der Waals surface area contributed by atoms with Crippen molar-refractivity contribution in [3.8, 4) is 5.75 Å². The maximum Gasteiger partial charge on any atom is 0.265 e. The van der Waals surface area contributed by atoms with Crippen LogP contribution in [0.2, 0.25) is 0 Å². The van der Waals surface area contributed by atoms with Gasteiger partial charge in [0, 0.05) is 4.47 Å². The lowest BCUT2D eigenvalue weighted by Crippen LogP contribution is -2.32. The van der Waals surface area contributed by atoms with Crippen molar-refractivity contribution < 1.29 is 9.53 Å². The van der Waals surface area contributed by atoms with E-state index in [0.717, 1.165) is 15.7 Å². The van der Waals surface area contributed by atoms with Crippen LogP contribution in [0, 0.1) is 6.92 Å². The Hall–Kier alpha value is -1.81. The summed E-state index contributed by atoms with van der Waals surface area (Å²) in [5, 5.41) is 2.90. The van der Waals surface area contributed by atoms with Crippen LogP contribution >= 0.6 is 15.9 Å². The summed E-state index contributed by atoms with van der Waals surface area (Å²) < 4.78 is 6.60. The minimum Gasteiger partial charge on any atom is -0.481 e. The number of carbonyl (C=O) groups is 1. The largest absolute Gasteiger partial charge is 0.481 e. The lowest BCUT2D eigenvalue weighted by atomic mass is 10.2. The standard InChI is InChI=1S/C17H18BrNO2/c1-3-16(21-13-7-5-4-6-8-13)17(20)19-15-10-9-12(2)11-14(15)18/h4-11,16H,3H2,1-2H3,(H,19,20)/t16-/m0/s1. The van der Waals surface area contributed by atoms with Gasteiger partial charge in [0.1, 0.15) is 5.75 Å². The number of anilines is 1. The summed E-state index contributed by atoms with van der Waals surface area (Å²) in [6, 6.07) is 15.2. The van der Waals surface area contributed by atoms with E-state index in [-0.39, 0.29) is 5.91 Å². The van der Waals surface area contributed by atoms with Crippen LogP contribution < -0.4 is 10.1 Å². The minimum absolute atomic E-state index is 0.147. The van der Waals surface area contributed by atoms with Gasteiger partial charge in [0.25, 0.3) is 5.91 Å². The summed E-state index contributed by atoms with van der Waals surface area (Å²) in [6.07, 6.45) is 0.0881. The van der Waals surface area contributed by atoms with Gasteiger partial charge in [0.05, 0.1) is 5.69 Å². The van der Waals surface area contributed by atoms with Crippen LogP contribution in [0.4, 0.5) is 5.69 Å². The summed E-state index contributed by atoms with van der Waals surface area (Å²) in [6.45, 7) is 3.93. The molecule has 0 aliphatic carbocycles. The molecule has 1 N–H and O–H groups in total. The quantitative estimate of drug-likeness (QED) is 0.861. The van der Waals surface area contributed by atoms with Crippen LogP contribution in [0.15, 0.2) is 53.0 Å². The van der Waals surface area contributed by atoms with Gasteiger partial charge in [-0.15, -0.1) is 0 Å². The Morgan fingerprint density at radius 3 is 2.57 bits per heavy atom. The van der Waals surface area contributed by atoms with E-state index in [9.17, 15) is 4.79 Å². The second-order valence-electron chi connectivity index (χ2n) is 4.80. The van der Waals surface area contributed by atoms with Crippen LogP contribution in [-0.4, -0.2) is 12.0 Å². The Bertz CT molecular complexity index is 613. The summed E-state index contributed by atoms with van der Waals surface area (Å²) in [5.41, 5.74) is 1.88. The van der Waals surface area contributed by atoms with E-state index in [1.807, 2.05) is 62.4 Å². The second-order valence-corrected chi connectivity index (χ2v) is 5.65. The van der Waals surface area contributed by atoms with Gasteiger partial charge in [0.15, 0.2) is 6.10 Å². The fourth-order valence-corrected chi connectivity index (χ4v) is 2.51. The molecule has 0 bridgehead atoms. The van der Waals surface area contributed by atoms with Gasteiger partial charge < -0.3 is 10.1 Å². The van der Waals surface area contributed by atoms with E-state index in [4.69, 9.17) is 4.74 Å². The van der Waals surface area contributed by atoms with Crippen LogP contribution in [0.25, 0.3) is 0 Å². The number of halogens is 1. The van der Waals surface area contributed by atoms with Crippen molar-refractivity contribution >= 4 is 27.5 Å². The topological polar surface area (TPSA) is 38.3 Å². The SMILES string of the molecule is CC[C@H](Oc1ccccc1)C(=O)Nc1ccc(C)cc1Br. The molecule has 0 spiro atoms. The molecule has 21 heavy (non-hydrogen) atoms. The van der Waals surface area contributed by atoms with Crippen LogP contribution in [0.1, 0.15) is 18.9 Å². The molecule has 2 aromatic rings.